The Labute approximate surface area is 163 Å². The molecule has 0 spiro atoms. The summed E-state index contributed by atoms with van der Waals surface area (Å²) in [5.74, 6) is -1.96. The number of anilines is 1. The first-order chi connectivity index (χ1) is 13.3. The number of nitrogens with one attached hydrogen (secondary N) is 1. The molecule has 1 aliphatic rings. The summed E-state index contributed by atoms with van der Waals surface area (Å²) < 4.78 is 19.9. The molecule has 0 saturated carbocycles. The number of hydrogen-bond acceptors (Lipinski definition) is 7. The van der Waals surface area contributed by atoms with Gasteiger partial charge in [0.25, 0.3) is 5.91 Å². The van der Waals surface area contributed by atoms with Gasteiger partial charge in [0.15, 0.2) is 11.6 Å². The predicted octanol–water partition coefficient (Wildman–Crippen LogP) is -0.463. The number of aliphatic hydroxyl groups excluding tert-OH is 2. The fraction of sp³-hybridized carbons (Fsp3) is 0.353. The van der Waals surface area contributed by atoms with Crippen LogP contribution in [0.4, 0.5) is 10.2 Å². The minimum Gasteiger partial charge on any atom is -0.388 e. The van der Waals surface area contributed by atoms with Crippen molar-refractivity contribution in [1.29, 1.82) is 0 Å². The molecule has 5 N–H and O–H groups in total. The molecule has 4 atom stereocenters. The van der Waals surface area contributed by atoms with Crippen LogP contribution in [0.5, 0.6) is 0 Å². The van der Waals surface area contributed by atoms with Gasteiger partial charge in [0, 0.05) is 6.20 Å². The molecule has 11 heteroatoms. The average molecular weight is 413 g/mol. The monoisotopic (exact) mass is 412 g/mol. The maximum Gasteiger partial charge on any atom is 0.349 e. The molecule has 28 heavy (non-hydrogen) atoms. The molecule has 0 bridgehead atoms. The molecule has 1 aliphatic heterocycles. The zero-order valence-electron chi connectivity index (χ0n) is 14.5. The van der Waals surface area contributed by atoms with Gasteiger partial charge in [-0.2, -0.15) is 4.98 Å². The van der Waals surface area contributed by atoms with Crippen LogP contribution in [0.25, 0.3) is 0 Å². The molecule has 150 valence electrons. The van der Waals surface area contributed by atoms with Crippen molar-refractivity contribution in [2.75, 3.05) is 12.3 Å². The first-order valence-electron chi connectivity index (χ1n) is 8.33. The van der Waals surface area contributed by atoms with Gasteiger partial charge in [-0.05, 0) is 12.1 Å². The van der Waals surface area contributed by atoms with Crippen LogP contribution < -0.4 is 16.7 Å². The van der Waals surface area contributed by atoms with Gasteiger partial charge in [-0.1, -0.05) is 23.7 Å². The molecule has 2 heterocycles. The van der Waals surface area contributed by atoms with Crippen LogP contribution in [0.3, 0.4) is 0 Å². The summed E-state index contributed by atoms with van der Waals surface area (Å²) in [5, 5.41) is 23.5. The van der Waals surface area contributed by atoms with Crippen LogP contribution in [-0.2, 0) is 11.3 Å². The van der Waals surface area contributed by atoms with Crippen molar-refractivity contribution >= 4 is 23.3 Å². The molecule has 0 aliphatic carbocycles. The van der Waals surface area contributed by atoms with Gasteiger partial charge in [-0.25, -0.2) is 9.18 Å². The lowest BCUT2D eigenvalue weighted by molar-refractivity contribution is -0.152. The minimum absolute atomic E-state index is 0.140. The maximum atomic E-state index is 13.5. The standard InChI is InChI=1S/C17H18ClFN4O5/c18-9-4-2-1-3-8(9)16(26)21-11-7-28-12(14(25)13(11)24)6-23-5-10(19)15(20)22-17(23)27/h1-5,11-14,24-25H,6-7H2,(H,21,26)(H2,20,22,27)/t11-,12-,13+,14-/m1/s1. The minimum atomic E-state index is -1.45. The number of nitrogen functional groups attached to an aromatic ring is 1. The lowest BCUT2D eigenvalue weighted by Gasteiger charge is -2.38. The van der Waals surface area contributed by atoms with Gasteiger partial charge in [0.1, 0.15) is 18.3 Å². The smallest absolute Gasteiger partial charge is 0.349 e. The number of benzene rings is 1. The van der Waals surface area contributed by atoms with Crippen LogP contribution in [0.1, 0.15) is 10.4 Å². The SMILES string of the molecule is Nc1nc(=O)n(C[C@H]2OC[C@@H](NC(=O)c3ccccc3Cl)[C@H](O)[C@@H]2O)cc1F. The summed E-state index contributed by atoms with van der Waals surface area (Å²) in [5.41, 5.74) is 4.62. The largest absolute Gasteiger partial charge is 0.388 e. The molecule has 1 amide bonds. The third-order valence-electron chi connectivity index (χ3n) is 4.42. The van der Waals surface area contributed by atoms with Crippen LogP contribution >= 0.6 is 11.6 Å². The van der Waals surface area contributed by atoms with Gasteiger partial charge in [-0.15, -0.1) is 0 Å². The number of aliphatic hydroxyl groups is 2. The number of ether oxygens (including phenoxy) is 1. The number of carbonyl (C=O) groups is 1. The molecule has 0 unspecified atom stereocenters. The van der Waals surface area contributed by atoms with E-state index in [0.717, 1.165) is 10.8 Å². The van der Waals surface area contributed by atoms with Gasteiger partial charge < -0.3 is 26.0 Å². The Kier molecular flexibility index (Phi) is 5.94. The zero-order valence-corrected chi connectivity index (χ0v) is 15.2. The quantitative estimate of drug-likeness (QED) is 0.532. The fourth-order valence-electron chi connectivity index (χ4n) is 2.87. The molecule has 1 fully saturated rings. The molecule has 9 nitrogen and oxygen atoms in total. The molecule has 0 radical (unpaired) electrons. The summed E-state index contributed by atoms with van der Waals surface area (Å²) in [6.07, 6.45) is -3.01. The average Bonchev–Trinajstić information content (AvgIpc) is 2.65. The van der Waals surface area contributed by atoms with Crippen molar-refractivity contribution < 1.29 is 24.1 Å². The van der Waals surface area contributed by atoms with Crippen molar-refractivity contribution in [3.63, 3.8) is 0 Å². The highest BCUT2D eigenvalue weighted by atomic mass is 35.5. The van der Waals surface area contributed by atoms with Gasteiger partial charge in [0.2, 0.25) is 0 Å². The molecule has 2 aromatic rings. The normalized spacial score (nSPS) is 24.7. The highest BCUT2D eigenvalue weighted by Crippen LogP contribution is 2.19. The van der Waals surface area contributed by atoms with Crippen LogP contribution in [0.2, 0.25) is 5.02 Å². The number of carbonyl (C=O) groups excluding carboxylic acids is 1. The number of hydrogen-bond donors (Lipinski definition) is 4. The summed E-state index contributed by atoms with van der Waals surface area (Å²) in [4.78, 5) is 27.4. The van der Waals surface area contributed by atoms with E-state index in [0.29, 0.717) is 0 Å². The molecular formula is C17H18ClFN4O5. The van der Waals surface area contributed by atoms with E-state index in [2.05, 4.69) is 10.3 Å². The Morgan fingerprint density at radius 3 is 2.82 bits per heavy atom. The molecule has 1 aromatic heterocycles. The van der Waals surface area contributed by atoms with Crippen molar-refractivity contribution in [3.05, 3.63) is 57.3 Å². The Morgan fingerprint density at radius 2 is 2.11 bits per heavy atom. The van der Waals surface area contributed by atoms with Crippen molar-refractivity contribution in [1.82, 2.24) is 14.9 Å². The van der Waals surface area contributed by atoms with Crippen LogP contribution in [0.15, 0.2) is 35.3 Å². The molecule has 1 saturated heterocycles. The van der Waals surface area contributed by atoms with E-state index >= 15 is 0 Å². The van der Waals surface area contributed by atoms with Gasteiger partial charge in [0.05, 0.1) is 29.8 Å². The summed E-state index contributed by atoms with van der Waals surface area (Å²) in [6, 6.07) is 5.46. The third-order valence-corrected chi connectivity index (χ3v) is 4.75. The third kappa shape index (κ3) is 4.14. The molecule has 1 aromatic carbocycles. The van der Waals surface area contributed by atoms with Crippen LogP contribution in [-0.4, -0.2) is 56.6 Å². The van der Waals surface area contributed by atoms with E-state index in [9.17, 15) is 24.2 Å². The van der Waals surface area contributed by atoms with E-state index in [4.69, 9.17) is 22.1 Å². The van der Waals surface area contributed by atoms with Crippen LogP contribution in [0, 0.1) is 5.82 Å². The topological polar surface area (TPSA) is 140 Å². The Balaban J connectivity index is 1.67. The fourth-order valence-corrected chi connectivity index (χ4v) is 3.09. The number of amides is 1. The second-order valence-electron chi connectivity index (χ2n) is 6.32. The second kappa shape index (κ2) is 8.23. The van der Waals surface area contributed by atoms with Crippen molar-refractivity contribution in [2.24, 2.45) is 0 Å². The lowest BCUT2D eigenvalue weighted by atomic mass is 9.97. The predicted molar refractivity (Wildman–Crippen MR) is 97.3 cm³/mol. The number of aromatic nitrogens is 2. The summed E-state index contributed by atoms with van der Waals surface area (Å²) >= 11 is 5.97. The van der Waals surface area contributed by atoms with E-state index in [1.165, 1.54) is 6.07 Å². The number of nitrogens with zero attached hydrogens (tertiary/aromatic N) is 2. The highest BCUT2D eigenvalue weighted by molar-refractivity contribution is 6.33. The zero-order chi connectivity index (χ0) is 20.4. The first kappa shape index (κ1) is 20.2. The first-order valence-corrected chi connectivity index (χ1v) is 8.71. The molecule has 3 rings (SSSR count). The summed E-state index contributed by atoms with van der Waals surface area (Å²) in [6.45, 7) is -0.398. The van der Waals surface area contributed by atoms with Gasteiger partial charge in [-0.3, -0.25) is 9.36 Å². The van der Waals surface area contributed by atoms with Crippen molar-refractivity contribution in [2.45, 2.75) is 30.9 Å². The van der Waals surface area contributed by atoms with E-state index in [-0.39, 0.29) is 23.7 Å². The number of halogens is 2. The number of nitrogens with two attached hydrogens (primary N) is 1. The summed E-state index contributed by atoms with van der Waals surface area (Å²) in [7, 11) is 0. The Morgan fingerprint density at radius 1 is 1.39 bits per heavy atom. The highest BCUT2D eigenvalue weighted by Gasteiger charge is 2.39. The second-order valence-corrected chi connectivity index (χ2v) is 6.73. The van der Waals surface area contributed by atoms with Gasteiger partial charge >= 0.3 is 5.69 Å². The number of rotatable bonds is 4. The van der Waals surface area contributed by atoms with Crippen molar-refractivity contribution in [3.8, 4) is 0 Å². The molecular weight excluding hydrogens is 395 g/mol. The van der Waals surface area contributed by atoms with E-state index in [1.807, 2.05) is 0 Å². The Bertz CT molecular complexity index is 940. The Hall–Kier alpha value is -2.53. The lowest BCUT2D eigenvalue weighted by Crippen LogP contribution is -2.60. The van der Waals surface area contributed by atoms with E-state index < -0.39 is 47.6 Å². The maximum absolute atomic E-state index is 13.5. The van der Waals surface area contributed by atoms with E-state index in [1.54, 1.807) is 18.2 Å².